The third-order valence-electron chi connectivity index (χ3n) is 3.34. The molecule has 0 aliphatic rings. The van der Waals surface area contributed by atoms with Crippen LogP contribution in [0.1, 0.15) is 37.6 Å². The van der Waals surface area contributed by atoms with Gasteiger partial charge >= 0.3 is 0 Å². The summed E-state index contributed by atoms with van der Waals surface area (Å²) in [5.41, 5.74) is 1.82. The molecule has 0 spiro atoms. The molecule has 7 nitrogen and oxygen atoms in total. The third kappa shape index (κ3) is 5.05. The minimum absolute atomic E-state index is 0.104. The van der Waals surface area contributed by atoms with Gasteiger partial charge in [0.05, 0.1) is 5.56 Å². The van der Waals surface area contributed by atoms with Gasteiger partial charge in [-0.2, -0.15) is 0 Å². The Hall–Kier alpha value is -2.96. The normalized spacial score (nSPS) is 11.5. The molecule has 24 heavy (non-hydrogen) atoms. The lowest BCUT2D eigenvalue weighted by atomic mass is 10.2. The van der Waals surface area contributed by atoms with Crippen LogP contribution in [0.5, 0.6) is 0 Å². The number of aromatic nitrogens is 2. The van der Waals surface area contributed by atoms with Crippen molar-refractivity contribution in [2.45, 2.75) is 33.2 Å². The van der Waals surface area contributed by atoms with E-state index in [4.69, 9.17) is 0 Å². The fourth-order valence-electron chi connectivity index (χ4n) is 1.93. The lowest BCUT2D eigenvalue weighted by Crippen LogP contribution is -2.32. The first-order valence-corrected chi connectivity index (χ1v) is 7.75. The van der Waals surface area contributed by atoms with E-state index in [2.05, 4.69) is 25.9 Å². The Morgan fingerprint density at radius 1 is 1.17 bits per heavy atom. The predicted molar refractivity (Wildman–Crippen MR) is 93.3 cm³/mol. The zero-order valence-electron chi connectivity index (χ0n) is 14.0. The van der Waals surface area contributed by atoms with Crippen LogP contribution in [-0.4, -0.2) is 27.8 Å². The van der Waals surface area contributed by atoms with Crippen LogP contribution in [-0.2, 0) is 4.79 Å². The summed E-state index contributed by atoms with van der Waals surface area (Å²) < 4.78 is 0. The van der Waals surface area contributed by atoms with Gasteiger partial charge in [0.2, 0.25) is 11.9 Å². The first kappa shape index (κ1) is 17.4. The number of benzene rings is 1. The van der Waals surface area contributed by atoms with Gasteiger partial charge in [-0.05, 0) is 31.5 Å². The predicted octanol–water partition coefficient (Wildman–Crippen LogP) is 2.71. The Kier molecular flexibility index (Phi) is 5.83. The van der Waals surface area contributed by atoms with Crippen LogP contribution in [0, 0.1) is 0 Å². The van der Waals surface area contributed by atoms with Crippen LogP contribution in [0.15, 0.2) is 36.7 Å². The van der Waals surface area contributed by atoms with E-state index < -0.39 is 0 Å². The lowest BCUT2D eigenvalue weighted by Gasteiger charge is -2.11. The van der Waals surface area contributed by atoms with E-state index in [1.165, 1.54) is 19.3 Å². The molecule has 1 aromatic heterocycles. The fraction of sp³-hybridized carbons (Fsp3) is 0.294. The van der Waals surface area contributed by atoms with E-state index in [0.717, 1.165) is 12.1 Å². The molecule has 1 heterocycles. The van der Waals surface area contributed by atoms with Crippen LogP contribution < -0.4 is 16.0 Å². The highest BCUT2D eigenvalue weighted by Crippen LogP contribution is 2.18. The molecule has 1 atom stereocenters. The number of nitrogens with one attached hydrogen (secondary N) is 3. The Morgan fingerprint density at radius 3 is 2.46 bits per heavy atom. The summed E-state index contributed by atoms with van der Waals surface area (Å²) in [5.74, 6) is 0.0405. The molecule has 1 unspecified atom stereocenters. The molecule has 3 N–H and O–H groups in total. The van der Waals surface area contributed by atoms with E-state index in [1.54, 1.807) is 12.1 Å². The summed E-state index contributed by atoms with van der Waals surface area (Å²) in [5, 5.41) is 8.60. The standard InChI is InChI=1S/C17H21N5O2/c1-4-11(2)20-16(24)13-9-18-17(19-10-13)22-15-7-5-6-14(8-15)21-12(3)23/h5-11H,4H2,1-3H3,(H,20,24)(H,21,23)(H,18,19,22). The van der Waals surface area contributed by atoms with Gasteiger partial charge in [0.1, 0.15) is 0 Å². The number of rotatable bonds is 6. The highest BCUT2D eigenvalue weighted by atomic mass is 16.2. The third-order valence-corrected chi connectivity index (χ3v) is 3.34. The maximum Gasteiger partial charge on any atom is 0.254 e. The molecule has 2 amide bonds. The van der Waals surface area contributed by atoms with Crippen molar-refractivity contribution < 1.29 is 9.59 Å². The minimum Gasteiger partial charge on any atom is -0.350 e. The quantitative estimate of drug-likeness (QED) is 0.758. The van der Waals surface area contributed by atoms with Gasteiger partial charge in [-0.1, -0.05) is 13.0 Å². The number of amides is 2. The van der Waals surface area contributed by atoms with Gasteiger partial charge < -0.3 is 16.0 Å². The van der Waals surface area contributed by atoms with Crippen molar-refractivity contribution in [3.63, 3.8) is 0 Å². The fourth-order valence-corrected chi connectivity index (χ4v) is 1.93. The first-order valence-electron chi connectivity index (χ1n) is 7.75. The zero-order valence-corrected chi connectivity index (χ0v) is 14.0. The van der Waals surface area contributed by atoms with Crippen molar-refractivity contribution >= 4 is 29.1 Å². The molecule has 1 aromatic carbocycles. The molecule has 0 bridgehead atoms. The molecular weight excluding hydrogens is 306 g/mol. The van der Waals surface area contributed by atoms with E-state index in [0.29, 0.717) is 17.2 Å². The number of hydrogen-bond donors (Lipinski definition) is 3. The summed E-state index contributed by atoms with van der Waals surface area (Å²) >= 11 is 0. The largest absolute Gasteiger partial charge is 0.350 e. The maximum atomic E-state index is 12.0. The molecule has 0 saturated heterocycles. The van der Waals surface area contributed by atoms with Crippen molar-refractivity contribution in [2.75, 3.05) is 10.6 Å². The molecule has 2 aromatic rings. The molecule has 126 valence electrons. The number of nitrogens with zero attached hydrogens (tertiary/aromatic N) is 2. The second-order valence-corrected chi connectivity index (χ2v) is 5.47. The molecule has 0 aliphatic carbocycles. The molecule has 2 rings (SSSR count). The summed E-state index contributed by atoms with van der Waals surface area (Å²) in [6.07, 6.45) is 3.81. The van der Waals surface area contributed by atoms with Gasteiger partial charge in [0.25, 0.3) is 5.91 Å². The summed E-state index contributed by atoms with van der Waals surface area (Å²) in [6.45, 7) is 5.40. The van der Waals surface area contributed by atoms with E-state index in [-0.39, 0.29) is 17.9 Å². The van der Waals surface area contributed by atoms with Gasteiger partial charge in [0.15, 0.2) is 0 Å². The van der Waals surface area contributed by atoms with Gasteiger partial charge in [-0.15, -0.1) is 0 Å². The number of carbonyl (C=O) groups excluding carboxylic acids is 2. The molecule has 0 radical (unpaired) electrons. The zero-order chi connectivity index (χ0) is 17.5. The summed E-state index contributed by atoms with van der Waals surface area (Å²) in [7, 11) is 0. The van der Waals surface area contributed by atoms with Crippen LogP contribution in [0.2, 0.25) is 0 Å². The number of hydrogen-bond acceptors (Lipinski definition) is 5. The Morgan fingerprint density at radius 2 is 1.83 bits per heavy atom. The highest BCUT2D eigenvalue weighted by Gasteiger charge is 2.09. The highest BCUT2D eigenvalue weighted by molar-refractivity contribution is 5.93. The van der Waals surface area contributed by atoms with Crippen molar-refractivity contribution in [1.82, 2.24) is 15.3 Å². The smallest absolute Gasteiger partial charge is 0.254 e. The minimum atomic E-state index is -0.191. The van der Waals surface area contributed by atoms with Crippen molar-refractivity contribution in [3.8, 4) is 0 Å². The van der Waals surface area contributed by atoms with Crippen molar-refractivity contribution in [3.05, 3.63) is 42.2 Å². The van der Waals surface area contributed by atoms with Crippen LogP contribution in [0.3, 0.4) is 0 Å². The van der Waals surface area contributed by atoms with Crippen LogP contribution in [0.4, 0.5) is 17.3 Å². The van der Waals surface area contributed by atoms with Gasteiger partial charge in [-0.3, -0.25) is 9.59 Å². The second-order valence-electron chi connectivity index (χ2n) is 5.47. The Labute approximate surface area is 140 Å². The Balaban J connectivity index is 2.04. The van der Waals surface area contributed by atoms with Crippen LogP contribution in [0.25, 0.3) is 0 Å². The van der Waals surface area contributed by atoms with Crippen molar-refractivity contribution in [1.29, 1.82) is 0 Å². The van der Waals surface area contributed by atoms with E-state index in [9.17, 15) is 9.59 Å². The van der Waals surface area contributed by atoms with E-state index in [1.807, 2.05) is 26.0 Å². The SMILES string of the molecule is CCC(C)NC(=O)c1cnc(Nc2cccc(NC(C)=O)c2)nc1. The van der Waals surface area contributed by atoms with Crippen LogP contribution >= 0.6 is 0 Å². The number of anilines is 3. The molecule has 0 aliphatic heterocycles. The topological polar surface area (TPSA) is 96.0 Å². The average molecular weight is 327 g/mol. The van der Waals surface area contributed by atoms with Crippen molar-refractivity contribution in [2.24, 2.45) is 0 Å². The first-order chi connectivity index (χ1) is 11.5. The molecule has 0 saturated carbocycles. The monoisotopic (exact) mass is 327 g/mol. The number of carbonyl (C=O) groups is 2. The molecular formula is C17H21N5O2. The second kappa shape index (κ2) is 8.05. The summed E-state index contributed by atoms with van der Waals surface area (Å²) in [6, 6.07) is 7.30. The molecule has 0 fully saturated rings. The lowest BCUT2D eigenvalue weighted by molar-refractivity contribution is -0.114. The Bertz CT molecular complexity index is 715. The average Bonchev–Trinajstić information content (AvgIpc) is 2.55. The van der Waals surface area contributed by atoms with Gasteiger partial charge in [0, 0.05) is 36.7 Å². The van der Waals surface area contributed by atoms with Gasteiger partial charge in [-0.25, -0.2) is 9.97 Å². The molecule has 7 heteroatoms. The summed E-state index contributed by atoms with van der Waals surface area (Å²) in [4.78, 5) is 31.4. The van der Waals surface area contributed by atoms with E-state index >= 15 is 0 Å². The maximum absolute atomic E-state index is 12.0.